The van der Waals surface area contributed by atoms with Crippen molar-refractivity contribution in [1.29, 1.82) is 0 Å². The minimum atomic E-state index is 0.149. The van der Waals surface area contributed by atoms with E-state index in [-0.39, 0.29) is 17.5 Å². The van der Waals surface area contributed by atoms with Gasteiger partial charge in [-0.3, -0.25) is 8.97 Å². The van der Waals surface area contributed by atoms with Crippen molar-refractivity contribution in [2.24, 2.45) is 0 Å². The van der Waals surface area contributed by atoms with Crippen LogP contribution in [0.5, 0.6) is 0 Å². The Hall–Kier alpha value is -3.79. The fourth-order valence-corrected chi connectivity index (χ4v) is 7.64. The third kappa shape index (κ3) is 3.49. The average Bonchev–Trinajstić information content (AvgIpc) is 3.36. The third-order valence-corrected chi connectivity index (χ3v) is 10.1. The van der Waals surface area contributed by atoms with Crippen LogP contribution in [-0.2, 0) is 10.8 Å². The number of hydrogen-bond donors (Lipinski definition) is 0. The molecule has 3 heterocycles. The van der Waals surface area contributed by atoms with E-state index in [0.717, 1.165) is 11.3 Å². The second kappa shape index (κ2) is 8.86. The van der Waals surface area contributed by atoms with Crippen molar-refractivity contribution in [2.45, 2.75) is 79.1 Å². The molecule has 0 amide bonds. The summed E-state index contributed by atoms with van der Waals surface area (Å²) in [5.41, 5.74) is 13.5. The number of nitrogens with zero attached hydrogens (tertiary/aromatic N) is 3. The summed E-state index contributed by atoms with van der Waals surface area (Å²) >= 11 is 0. The number of fused-ring (bicyclic) bond motifs is 6. The minimum absolute atomic E-state index is 0.149. The molecule has 0 bridgehead atoms. The molecule has 0 spiro atoms. The molecule has 4 aromatic carbocycles. The molecule has 2 aromatic heterocycles. The SMILES string of the molecule is CC.CC1=C(C)n2c3c(ccc4cccc(c43)n3c4cc5c(cc4nc23)C(C)(C)CCC5(C)C)B1c1ccccc1. The van der Waals surface area contributed by atoms with Crippen LogP contribution in [0.3, 0.4) is 0 Å². The van der Waals surface area contributed by atoms with Crippen molar-refractivity contribution in [3.05, 3.63) is 89.4 Å². The zero-order chi connectivity index (χ0) is 28.8. The summed E-state index contributed by atoms with van der Waals surface area (Å²) in [7, 11) is 0. The summed E-state index contributed by atoms with van der Waals surface area (Å²) in [4.78, 5) is 5.43. The van der Waals surface area contributed by atoms with E-state index in [9.17, 15) is 0 Å². The van der Waals surface area contributed by atoms with Gasteiger partial charge in [0.2, 0.25) is 12.5 Å². The van der Waals surface area contributed by atoms with Gasteiger partial charge in [0.1, 0.15) is 0 Å². The van der Waals surface area contributed by atoms with Gasteiger partial charge in [0.15, 0.2) is 0 Å². The highest BCUT2D eigenvalue weighted by atomic mass is 15.2. The quantitative estimate of drug-likeness (QED) is 0.193. The number of rotatable bonds is 1. The highest BCUT2D eigenvalue weighted by Gasteiger charge is 2.38. The minimum Gasteiger partial charge on any atom is -0.285 e. The second-order valence-corrected chi connectivity index (χ2v) is 13.2. The van der Waals surface area contributed by atoms with Crippen LogP contribution < -0.4 is 10.9 Å². The summed E-state index contributed by atoms with van der Waals surface area (Å²) in [5, 5.41) is 2.61. The molecular weight excluding hydrogens is 497 g/mol. The van der Waals surface area contributed by atoms with Gasteiger partial charge >= 0.3 is 0 Å². The predicted octanol–water partition coefficient (Wildman–Crippen LogP) is 8.38. The van der Waals surface area contributed by atoms with Crippen LogP contribution in [0.1, 0.15) is 79.4 Å². The van der Waals surface area contributed by atoms with Crippen molar-refractivity contribution in [3.8, 4) is 0 Å². The number of imidazole rings is 1. The molecule has 4 heteroatoms. The van der Waals surface area contributed by atoms with Crippen molar-refractivity contribution < 1.29 is 0 Å². The van der Waals surface area contributed by atoms with Gasteiger partial charge in [-0.15, -0.1) is 0 Å². The van der Waals surface area contributed by atoms with E-state index in [1.54, 1.807) is 0 Å². The van der Waals surface area contributed by atoms with Crippen LogP contribution in [0.15, 0.2) is 78.3 Å². The Morgan fingerprint density at radius 3 is 2.15 bits per heavy atom. The van der Waals surface area contributed by atoms with E-state index >= 15 is 0 Å². The molecule has 0 N–H and O–H groups in total. The predicted molar refractivity (Wildman–Crippen MR) is 178 cm³/mol. The van der Waals surface area contributed by atoms with Crippen molar-refractivity contribution in [2.75, 3.05) is 0 Å². The largest absolute Gasteiger partial charge is 0.285 e. The maximum Gasteiger partial charge on any atom is 0.241 e. The Balaban J connectivity index is 0.00000135. The molecule has 0 fully saturated rings. The Labute approximate surface area is 244 Å². The topological polar surface area (TPSA) is 22.2 Å². The Morgan fingerprint density at radius 2 is 1.44 bits per heavy atom. The van der Waals surface area contributed by atoms with Crippen LogP contribution in [0.25, 0.3) is 44.3 Å². The van der Waals surface area contributed by atoms with Gasteiger partial charge < -0.3 is 0 Å². The number of allylic oxidation sites excluding steroid dienone is 2. The first-order chi connectivity index (χ1) is 19.7. The highest BCUT2D eigenvalue weighted by molar-refractivity contribution is 6.93. The maximum absolute atomic E-state index is 5.43. The van der Waals surface area contributed by atoms with E-state index in [4.69, 9.17) is 4.98 Å². The first-order valence-corrected chi connectivity index (χ1v) is 15.3. The monoisotopic (exact) mass is 537 g/mol. The van der Waals surface area contributed by atoms with Crippen molar-refractivity contribution in [1.82, 2.24) is 14.0 Å². The molecule has 0 radical (unpaired) electrons. The van der Waals surface area contributed by atoms with Gasteiger partial charge in [-0.2, -0.15) is 0 Å². The van der Waals surface area contributed by atoms with Crippen LogP contribution in [0.4, 0.5) is 0 Å². The molecule has 0 saturated heterocycles. The molecule has 0 saturated carbocycles. The summed E-state index contributed by atoms with van der Waals surface area (Å²) < 4.78 is 4.89. The molecule has 206 valence electrons. The second-order valence-electron chi connectivity index (χ2n) is 13.2. The van der Waals surface area contributed by atoms with Gasteiger partial charge in [-0.25, -0.2) is 4.98 Å². The molecular formula is C37H40BN3. The van der Waals surface area contributed by atoms with Crippen molar-refractivity contribution in [3.63, 3.8) is 0 Å². The molecule has 3 nitrogen and oxygen atoms in total. The fraction of sp³-hybridized carbons (Fsp3) is 0.324. The zero-order valence-electron chi connectivity index (χ0n) is 25.8. The van der Waals surface area contributed by atoms with Gasteiger partial charge in [0.05, 0.1) is 22.1 Å². The van der Waals surface area contributed by atoms with Gasteiger partial charge in [0, 0.05) is 11.1 Å². The molecule has 6 aromatic rings. The van der Waals surface area contributed by atoms with E-state index in [1.807, 2.05) is 13.8 Å². The normalized spacial score (nSPS) is 17.3. The molecule has 1 aliphatic carbocycles. The van der Waals surface area contributed by atoms with Gasteiger partial charge in [-0.05, 0) is 77.7 Å². The van der Waals surface area contributed by atoms with Crippen molar-refractivity contribution >= 4 is 62.0 Å². The smallest absolute Gasteiger partial charge is 0.241 e. The lowest BCUT2D eigenvalue weighted by atomic mass is 9.35. The van der Waals surface area contributed by atoms with Gasteiger partial charge in [0.25, 0.3) is 0 Å². The van der Waals surface area contributed by atoms with Crippen LogP contribution in [0.2, 0.25) is 0 Å². The number of aromatic nitrogens is 3. The lowest BCUT2D eigenvalue weighted by Crippen LogP contribution is -2.47. The first kappa shape index (κ1) is 26.1. The Kier molecular flexibility index (Phi) is 5.64. The molecule has 1 aliphatic heterocycles. The molecule has 0 unspecified atom stereocenters. The van der Waals surface area contributed by atoms with Crippen LogP contribution in [0, 0.1) is 0 Å². The number of benzene rings is 4. The van der Waals surface area contributed by atoms with Crippen LogP contribution in [-0.4, -0.2) is 20.7 Å². The molecule has 41 heavy (non-hydrogen) atoms. The van der Waals surface area contributed by atoms with Gasteiger partial charge in [-0.1, -0.05) is 107 Å². The summed E-state index contributed by atoms with van der Waals surface area (Å²) in [6.07, 6.45) is 2.41. The average molecular weight is 538 g/mol. The zero-order valence-corrected chi connectivity index (χ0v) is 25.8. The third-order valence-electron chi connectivity index (χ3n) is 10.1. The lowest BCUT2D eigenvalue weighted by molar-refractivity contribution is 0.332. The molecule has 8 rings (SSSR count). The maximum atomic E-state index is 5.43. The fourth-order valence-electron chi connectivity index (χ4n) is 7.64. The lowest BCUT2D eigenvalue weighted by Gasteiger charge is -2.41. The summed E-state index contributed by atoms with van der Waals surface area (Å²) in [6.45, 7) is 18.4. The molecule has 0 atom stereocenters. The van der Waals surface area contributed by atoms with E-state index in [0.29, 0.717) is 0 Å². The highest BCUT2D eigenvalue weighted by Crippen LogP contribution is 2.47. The first-order valence-electron chi connectivity index (χ1n) is 15.3. The van der Waals surface area contributed by atoms with E-state index < -0.39 is 0 Å². The van der Waals surface area contributed by atoms with E-state index in [1.165, 1.54) is 73.4 Å². The molecule has 2 aliphatic rings. The summed E-state index contributed by atoms with van der Waals surface area (Å²) in [6, 6.07) is 27.3. The summed E-state index contributed by atoms with van der Waals surface area (Å²) in [5.74, 6) is 1.01. The van der Waals surface area contributed by atoms with E-state index in [2.05, 4.69) is 123 Å². The standard InChI is InChI=1S/C35H34BN3.C2H6/c1-21-22(2)38-32-27(36(21)24-12-8-7-9-13-24)16-15-23-11-10-14-29(31(23)32)39-30-20-26-25(19-28(30)37-33(38)39)34(3,4)17-18-35(26,5)6;1-2/h7-16,19-20H,17-18H2,1-6H3;1-2H3. The van der Waals surface area contributed by atoms with Crippen LogP contribution >= 0.6 is 0 Å². The number of hydrogen-bond acceptors (Lipinski definition) is 1. The Morgan fingerprint density at radius 1 is 0.756 bits per heavy atom. The Bertz CT molecular complexity index is 2040.